The minimum atomic E-state index is -3.53. The normalized spacial score (nSPS) is 21.3. The molecule has 3 aliphatic rings. The quantitative estimate of drug-likeness (QED) is 0.752. The van der Waals surface area contributed by atoms with Crippen molar-refractivity contribution < 1.29 is 18.5 Å². The van der Waals surface area contributed by atoms with Gasteiger partial charge in [-0.2, -0.15) is 5.10 Å². The van der Waals surface area contributed by atoms with E-state index in [1.165, 1.54) is 28.5 Å². The number of urea groups is 1. The first-order valence-electron chi connectivity index (χ1n) is 10.7. The molecule has 0 unspecified atom stereocenters. The number of anilines is 1. The van der Waals surface area contributed by atoms with Crippen LogP contribution in [-0.2, 0) is 46.9 Å². The van der Waals surface area contributed by atoms with Gasteiger partial charge in [0.05, 0.1) is 25.5 Å². The Morgan fingerprint density at radius 2 is 2.00 bits per heavy atom. The van der Waals surface area contributed by atoms with Gasteiger partial charge >= 0.3 is 6.03 Å². The molecule has 2 atom stereocenters. The second kappa shape index (κ2) is 7.92. The highest BCUT2D eigenvalue weighted by molar-refractivity contribution is 7.91. The second-order valence-electron chi connectivity index (χ2n) is 8.32. The van der Waals surface area contributed by atoms with E-state index in [9.17, 15) is 9.00 Å². The van der Waals surface area contributed by atoms with E-state index in [2.05, 4.69) is 20.8 Å². The van der Waals surface area contributed by atoms with Crippen molar-refractivity contribution in [1.29, 1.82) is 0 Å². The van der Waals surface area contributed by atoms with Crippen molar-refractivity contribution in [2.75, 3.05) is 19.0 Å². The molecule has 1 aromatic heterocycles. The fourth-order valence-electron chi connectivity index (χ4n) is 4.87. The Labute approximate surface area is 181 Å². The summed E-state index contributed by atoms with van der Waals surface area (Å²) in [6.07, 6.45) is 8.05. The largest absolute Gasteiger partial charge is 0.477 e. The predicted octanol–water partition coefficient (Wildman–Crippen LogP) is 2.59. The number of benzene rings is 1. The molecule has 9 nitrogen and oxygen atoms in total. The summed E-state index contributed by atoms with van der Waals surface area (Å²) in [5.74, 6) is 0.282. The number of rotatable bonds is 3. The standard InChI is InChI=1S/C21H27N5O4S/c1-29-15-8-9-30-20-18(11-23-26(20)12-15)31(22,28)25-21(27)24-19-16-6-2-4-13(16)10-14-5-3-7-17(14)19/h10-11,15H,2-9,12H2,1H3,(H3,22,24,25,27,28)/t15-,31+/m1/s1. The topological polar surface area (TPSA) is 121 Å². The first-order valence-corrected chi connectivity index (χ1v) is 12.3. The Bertz CT molecular complexity index is 1130. The number of methoxy groups -OCH3 is 1. The maximum Gasteiger partial charge on any atom is 0.354 e. The number of ether oxygens (including phenoxy) is 2. The summed E-state index contributed by atoms with van der Waals surface area (Å²) in [7, 11) is -1.90. The van der Waals surface area contributed by atoms with Gasteiger partial charge in [0.1, 0.15) is 4.90 Å². The van der Waals surface area contributed by atoms with Gasteiger partial charge < -0.3 is 14.8 Å². The van der Waals surface area contributed by atoms with E-state index >= 15 is 0 Å². The maximum atomic E-state index is 13.2. The molecule has 10 heteroatoms. The molecule has 2 aromatic rings. The number of aromatic nitrogens is 2. The molecule has 0 spiro atoms. The van der Waals surface area contributed by atoms with Gasteiger partial charge in [-0.05, 0) is 60.8 Å². The maximum absolute atomic E-state index is 13.2. The molecule has 2 heterocycles. The Morgan fingerprint density at radius 1 is 1.29 bits per heavy atom. The first kappa shape index (κ1) is 20.5. The van der Waals surface area contributed by atoms with Crippen LogP contribution in [0.5, 0.6) is 5.88 Å². The molecule has 1 aromatic carbocycles. The summed E-state index contributed by atoms with van der Waals surface area (Å²) in [5, 5.41) is 13.2. The van der Waals surface area contributed by atoms with Gasteiger partial charge in [0.15, 0.2) is 9.92 Å². The average Bonchev–Trinajstić information content (AvgIpc) is 3.44. The summed E-state index contributed by atoms with van der Waals surface area (Å²) in [6.45, 7) is 0.830. The fourth-order valence-corrected chi connectivity index (χ4v) is 5.87. The molecular weight excluding hydrogens is 418 g/mol. The third kappa shape index (κ3) is 3.72. The highest BCUT2D eigenvalue weighted by atomic mass is 32.2. The molecule has 2 amide bonds. The Morgan fingerprint density at radius 3 is 2.68 bits per heavy atom. The van der Waals surface area contributed by atoms with Crippen molar-refractivity contribution in [3.8, 4) is 5.88 Å². The minimum Gasteiger partial charge on any atom is -0.477 e. The van der Waals surface area contributed by atoms with Gasteiger partial charge in [0.2, 0.25) is 5.88 Å². The van der Waals surface area contributed by atoms with Crippen molar-refractivity contribution in [3.63, 3.8) is 0 Å². The van der Waals surface area contributed by atoms with Crippen LogP contribution in [0.15, 0.2) is 21.5 Å². The third-order valence-corrected chi connectivity index (χ3v) is 7.73. The number of hydrogen-bond donors (Lipinski definition) is 2. The van der Waals surface area contributed by atoms with Crippen LogP contribution in [0.2, 0.25) is 0 Å². The molecule has 0 saturated carbocycles. The van der Waals surface area contributed by atoms with Gasteiger partial charge in [-0.25, -0.2) is 18.8 Å². The number of hydrogen-bond acceptors (Lipinski definition) is 5. The molecule has 0 fully saturated rings. The van der Waals surface area contributed by atoms with Gasteiger partial charge in [-0.1, -0.05) is 6.07 Å². The zero-order valence-electron chi connectivity index (χ0n) is 17.6. The molecule has 0 bridgehead atoms. The van der Waals surface area contributed by atoms with Crippen molar-refractivity contribution >= 4 is 21.6 Å². The lowest BCUT2D eigenvalue weighted by molar-refractivity contribution is 0.0775. The summed E-state index contributed by atoms with van der Waals surface area (Å²) < 4.78 is 29.8. The monoisotopic (exact) mass is 445 g/mol. The van der Waals surface area contributed by atoms with Crippen molar-refractivity contribution in [2.24, 2.45) is 9.50 Å². The van der Waals surface area contributed by atoms with Crippen LogP contribution >= 0.6 is 0 Å². The molecule has 3 N–H and O–H groups in total. The number of nitrogens with zero attached hydrogens (tertiary/aromatic N) is 3. The fraction of sp³-hybridized carbons (Fsp3) is 0.524. The van der Waals surface area contributed by atoms with E-state index in [0.717, 1.165) is 44.2 Å². The molecule has 166 valence electrons. The number of fused-ring (bicyclic) bond motifs is 3. The SMILES string of the molecule is CO[C@@H]1CCOc2c([S@@](N)(=O)=NC(=O)Nc3c4c(cc5c3CCC5)CCC4)cnn2C1. The molecule has 1 aliphatic heterocycles. The smallest absolute Gasteiger partial charge is 0.354 e. The number of nitrogens with one attached hydrogen (secondary N) is 1. The van der Waals surface area contributed by atoms with E-state index in [1.54, 1.807) is 11.8 Å². The minimum absolute atomic E-state index is 0.0645. The molecule has 0 radical (unpaired) electrons. The first-order chi connectivity index (χ1) is 15.0. The summed E-state index contributed by atoms with van der Waals surface area (Å²) in [5.41, 5.74) is 5.81. The van der Waals surface area contributed by atoms with E-state index < -0.39 is 15.9 Å². The van der Waals surface area contributed by atoms with Crippen LogP contribution in [-0.4, -0.2) is 39.8 Å². The van der Waals surface area contributed by atoms with Gasteiger partial charge in [0.25, 0.3) is 0 Å². The van der Waals surface area contributed by atoms with Gasteiger partial charge in [-0.3, -0.25) is 0 Å². The van der Waals surface area contributed by atoms with Crippen LogP contribution in [0.1, 0.15) is 41.5 Å². The molecule has 5 rings (SSSR count). The number of carbonyl (C=O) groups excluding carboxylic acids is 1. The van der Waals surface area contributed by atoms with Crippen LogP contribution in [0.4, 0.5) is 10.5 Å². The number of aryl methyl sites for hydroxylation is 2. The summed E-state index contributed by atoms with van der Waals surface area (Å²) in [4.78, 5) is 13.0. The molecule has 0 saturated heterocycles. The van der Waals surface area contributed by atoms with Gasteiger partial charge in [0, 0.05) is 19.2 Å². The number of nitrogens with two attached hydrogens (primary N) is 1. The zero-order valence-corrected chi connectivity index (χ0v) is 18.4. The van der Waals surface area contributed by atoms with Crippen molar-refractivity contribution in [1.82, 2.24) is 9.78 Å². The molecule has 2 aliphatic carbocycles. The van der Waals surface area contributed by atoms with E-state index in [0.29, 0.717) is 19.6 Å². The van der Waals surface area contributed by atoms with E-state index in [4.69, 9.17) is 14.6 Å². The Balaban J connectivity index is 1.45. The van der Waals surface area contributed by atoms with Crippen LogP contribution < -0.4 is 15.2 Å². The third-order valence-electron chi connectivity index (χ3n) is 6.39. The molecular formula is C21H27N5O4S. The summed E-state index contributed by atoms with van der Waals surface area (Å²) >= 11 is 0. The molecule has 31 heavy (non-hydrogen) atoms. The summed E-state index contributed by atoms with van der Waals surface area (Å²) in [6, 6.07) is 1.58. The predicted molar refractivity (Wildman–Crippen MR) is 116 cm³/mol. The number of amides is 2. The lowest BCUT2D eigenvalue weighted by Gasteiger charge is -2.15. The van der Waals surface area contributed by atoms with E-state index in [1.807, 2.05) is 0 Å². The zero-order chi connectivity index (χ0) is 21.6. The van der Waals surface area contributed by atoms with Crippen molar-refractivity contribution in [2.45, 2.75) is 62.5 Å². The van der Waals surface area contributed by atoms with Crippen LogP contribution in [0.25, 0.3) is 0 Å². The highest BCUT2D eigenvalue weighted by Gasteiger charge is 2.28. The highest BCUT2D eigenvalue weighted by Crippen LogP contribution is 2.38. The Kier molecular flexibility index (Phi) is 5.23. The van der Waals surface area contributed by atoms with E-state index in [-0.39, 0.29) is 16.9 Å². The average molecular weight is 446 g/mol. The lowest BCUT2D eigenvalue weighted by atomic mass is 9.99. The van der Waals surface area contributed by atoms with Gasteiger partial charge in [-0.15, -0.1) is 4.36 Å². The lowest BCUT2D eigenvalue weighted by Crippen LogP contribution is -2.19. The van der Waals surface area contributed by atoms with Crippen molar-refractivity contribution in [3.05, 3.63) is 34.5 Å². The second-order valence-corrected chi connectivity index (χ2v) is 10.1. The van der Waals surface area contributed by atoms with Crippen LogP contribution in [0.3, 0.4) is 0 Å². The Hall–Kier alpha value is -2.43. The number of carbonyl (C=O) groups is 1. The van der Waals surface area contributed by atoms with Crippen LogP contribution in [0, 0.1) is 0 Å².